The summed E-state index contributed by atoms with van der Waals surface area (Å²) in [7, 11) is 0. The van der Waals surface area contributed by atoms with E-state index in [0.717, 1.165) is 24.9 Å². The first-order valence-electron chi connectivity index (χ1n) is 10.4. The predicted octanol–water partition coefficient (Wildman–Crippen LogP) is 8.54. The minimum atomic E-state index is -0.303. The first-order chi connectivity index (χ1) is 17.0. The molecule has 3 heterocycles. The Balaban J connectivity index is 1.23. The van der Waals surface area contributed by atoms with E-state index < -0.39 is 0 Å². The fraction of sp³-hybridized carbons (Fsp3) is 0. The van der Waals surface area contributed by atoms with Gasteiger partial charge in [-0.2, -0.15) is 0 Å². The maximum Gasteiger partial charge on any atom is 0.269 e. The first-order valence-corrected chi connectivity index (χ1v) is 13.6. The summed E-state index contributed by atoms with van der Waals surface area (Å²) < 4.78 is 2.73. The summed E-state index contributed by atoms with van der Waals surface area (Å²) in [6.45, 7) is 0. The molecule has 6 rings (SSSR count). The van der Waals surface area contributed by atoms with Crippen LogP contribution >= 0.6 is 57.2 Å². The molecular formula is C25H13Cl2N3O2S3. The van der Waals surface area contributed by atoms with Gasteiger partial charge in [-0.15, -0.1) is 22.7 Å². The monoisotopic (exact) mass is 553 g/mol. The molecule has 0 spiro atoms. The molecule has 0 atom stereocenters. The van der Waals surface area contributed by atoms with E-state index in [9.17, 15) is 9.59 Å². The molecule has 0 aliphatic heterocycles. The quantitative estimate of drug-likeness (QED) is 0.229. The van der Waals surface area contributed by atoms with Crippen LogP contribution in [0.25, 0.3) is 30.4 Å². The van der Waals surface area contributed by atoms with Crippen LogP contribution in [0.1, 0.15) is 19.3 Å². The smallest absolute Gasteiger partial charge is 0.269 e. The Morgan fingerprint density at radius 2 is 1.26 bits per heavy atom. The standard InChI is InChI=1S/C25H13Cl2N3O2S3/c26-19-13-5-1-3-7-16(13)33-21(19)23(31)28-12-9-10-15-18(11-12)35-25(29-15)30-24(32)22-20(27)14-6-2-4-8-17(14)34-22/h1-11H,(H,28,31)(H,29,30,32). The number of rotatable bonds is 4. The molecule has 0 fully saturated rings. The van der Waals surface area contributed by atoms with E-state index >= 15 is 0 Å². The number of carbonyl (C=O) groups is 2. The molecule has 35 heavy (non-hydrogen) atoms. The Bertz CT molecular complexity index is 1700. The van der Waals surface area contributed by atoms with E-state index in [1.54, 1.807) is 12.1 Å². The van der Waals surface area contributed by atoms with Crippen molar-refractivity contribution in [3.05, 3.63) is 86.5 Å². The van der Waals surface area contributed by atoms with Gasteiger partial charge in [-0.05, 0) is 30.3 Å². The molecule has 0 radical (unpaired) electrons. The number of fused-ring (bicyclic) bond motifs is 3. The van der Waals surface area contributed by atoms with Crippen LogP contribution in [-0.4, -0.2) is 16.8 Å². The van der Waals surface area contributed by atoms with E-state index in [1.807, 2.05) is 54.6 Å². The van der Waals surface area contributed by atoms with Crippen molar-refractivity contribution in [3.8, 4) is 0 Å². The number of carbonyl (C=O) groups excluding carboxylic acids is 2. The van der Waals surface area contributed by atoms with Crippen LogP contribution in [-0.2, 0) is 0 Å². The van der Waals surface area contributed by atoms with Gasteiger partial charge in [0.25, 0.3) is 11.8 Å². The Morgan fingerprint density at radius 1 is 0.686 bits per heavy atom. The Labute approximate surface area is 220 Å². The molecule has 0 saturated heterocycles. The molecule has 0 unspecified atom stereocenters. The second-order valence-corrected chi connectivity index (χ2v) is 11.5. The summed E-state index contributed by atoms with van der Waals surface area (Å²) in [6, 6.07) is 20.7. The average molecular weight is 555 g/mol. The molecule has 0 aliphatic carbocycles. The van der Waals surface area contributed by atoms with Gasteiger partial charge >= 0.3 is 0 Å². The third-order valence-electron chi connectivity index (χ3n) is 5.35. The first kappa shape index (κ1) is 22.5. The van der Waals surface area contributed by atoms with Gasteiger partial charge in [0.2, 0.25) is 0 Å². The molecule has 3 aromatic carbocycles. The summed E-state index contributed by atoms with van der Waals surface area (Å²) in [5, 5.41) is 8.82. The second-order valence-electron chi connectivity index (χ2n) is 7.59. The number of amides is 2. The number of thiazole rings is 1. The Hall–Kier alpha value is -3.01. The van der Waals surface area contributed by atoms with Crippen molar-refractivity contribution < 1.29 is 9.59 Å². The minimum Gasteiger partial charge on any atom is -0.321 e. The maximum absolute atomic E-state index is 12.9. The van der Waals surface area contributed by atoms with Gasteiger partial charge in [-0.3, -0.25) is 14.9 Å². The molecule has 3 aromatic heterocycles. The van der Waals surface area contributed by atoms with Crippen molar-refractivity contribution in [1.82, 2.24) is 4.98 Å². The molecule has 10 heteroatoms. The number of thiophene rings is 2. The van der Waals surface area contributed by atoms with Crippen LogP contribution in [0.3, 0.4) is 0 Å². The van der Waals surface area contributed by atoms with Gasteiger partial charge in [0.1, 0.15) is 9.75 Å². The van der Waals surface area contributed by atoms with E-state index in [2.05, 4.69) is 15.6 Å². The molecular weight excluding hydrogens is 541 g/mol. The number of nitrogens with zero attached hydrogens (tertiary/aromatic N) is 1. The van der Waals surface area contributed by atoms with E-state index in [0.29, 0.717) is 36.1 Å². The number of benzene rings is 3. The predicted molar refractivity (Wildman–Crippen MR) is 149 cm³/mol. The number of nitrogens with one attached hydrogen (secondary N) is 2. The summed E-state index contributed by atoms with van der Waals surface area (Å²) in [6.07, 6.45) is 0. The zero-order valence-electron chi connectivity index (χ0n) is 17.6. The Morgan fingerprint density at radius 3 is 1.86 bits per heavy atom. The topological polar surface area (TPSA) is 71.1 Å². The molecule has 6 aromatic rings. The molecule has 2 amide bonds. The number of hydrogen-bond donors (Lipinski definition) is 2. The Kier molecular flexibility index (Phi) is 5.70. The number of halogens is 2. The minimum absolute atomic E-state index is 0.270. The van der Waals surface area contributed by atoms with Crippen LogP contribution in [0, 0.1) is 0 Å². The van der Waals surface area contributed by atoms with Gasteiger partial charge in [-0.25, -0.2) is 4.98 Å². The van der Waals surface area contributed by atoms with Gasteiger partial charge < -0.3 is 5.32 Å². The van der Waals surface area contributed by atoms with E-state index in [1.165, 1.54) is 34.0 Å². The zero-order valence-corrected chi connectivity index (χ0v) is 21.6. The van der Waals surface area contributed by atoms with Crippen molar-refractivity contribution in [3.63, 3.8) is 0 Å². The molecule has 2 N–H and O–H groups in total. The van der Waals surface area contributed by atoms with Crippen molar-refractivity contribution in [2.75, 3.05) is 10.6 Å². The fourth-order valence-corrected chi connectivity index (χ4v) is 7.44. The van der Waals surface area contributed by atoms with Gasteiger partial charge in [-0.1, -0.05) is 70.9 Å². The highest BCUT2D eigenvalue weighted by molar-refractivity contribution is 7.23. The summed E-state index contributed by atoms with van der Waals surface area (Å²) in [4.78, 5) is 31.2. The lowest BCUT2D eigenvalue weighted by Gasteiger charge is -2.03. The molecule has 172 valence electrons. The van der Waals surface area contributed by atoms with E-state index in [-0.39, 0.29) is 11.8 Å². The highest BCUT2D eigenvalue weighted by atomic mass is 35.5. The van der Waals surface area contributed by atoms with Crippen molar-refractivity contribution in [2.45, 2.75) is 0 Å². The van der Waals surface area contributed by atoms with Crippen LogP contribution in [0.4, 0.5) is 10.8 Å². The summed E-state index contributed by atoms with van der Waals surface area (Å²) in [5.74, 6) is -0.573. The molecule has 0 bridgehead atoms. The van der Waals surface area contributed by atoms with Crippen LogP contribution in [0.15, 0.2) is 66.7 Å². The number of anilines is 2. The third-order valence-corrected chi connectivity index (χ3v) is 9.63. The largest absolute Gasteiger partial charge is 0.321 e. The summed E-state index contributed by atoms with van der Waals surface area (Å²) >= 11 is 16.9. The zero-order chi connectivity index (χ0) is 24.1. The van der Waals surface area contributed by atoms with Crippen LogP contribution in [0.2, 0.25) is 10.0 Å². The van der Waals surface area contributed by atoms with Crippen LogP contribution < -0.4 is 10.6 Å². The number of aromatic nitrogens is 1. The fourth-order valence-electron chi connectivity index (χ4n) is 3.72. The highest BCUT2D eigenvalue weighted by Gasteiger charge is 2.20. The average Bonchev–Trinajstić information content (AvgIpc) is 3.52. The lowest BCUT2D eigenvalue weighted by molar-refractivity contribution is 0.102. The van der Waals surface area contributed by atoms with E-state index in [4.69, 9.17) is 23.2 Å². The van der Waals surface area contributed by atoms with Gasteiger partial charge in [0.15, 0.2) is 5.13 Å². The summed E-state index contributed by atoms with van der Waals surface area (Å²) in [5.41, 5.74) is 1.33. The number of hydrogen-bond acceptors (Lipinski definition) is 6. The SMILES string of the molecule is O=C(Nc1ccc2nc(NC(=O)c3sc4ccccc4c3Cl)sc2c1)c1sc2ccccc2c1Cl. The molecule has 0 aliphatic rings. The van der Waals surface area contributed by atoms with Crippen molar-refractivity contribution >= 4 is 110 Å². The van der Waals surface area contributed by atoms with Gasteiger partial charge in [0, 0.05) is 25.9 Å². The lowest BCUT2D eigenvalue weighted by atomic mass is 10.2. The highest BCUT2D eigenvalue weighted by Crippen LogP contribution is 2.37. The normalized spacial score (nSPS) is 11.4. The maximum atomic E-state index is 12.9. The van der Waals surface area contributed by atoms with Gasteiger partial charge in [0.05, 0.1) is 20.3 Å². The van der Waals surface area contributed by atoms with Crippen LogP contribution in [0.5, 0.6) is 0 Å². The second kappa shape index (κ2) is 8.89. The third kappa shape index (κ3) is 4.07. The molecule has 5 nitrogen and oxygen atoms in total. The van der Waals surface area contributed by atoms with Crippen molar-refractivity contribution in [1.29, 1.82) is 0 Å². The van der Waals surface area contributed by atoms with Crippen molar-refractivity contribution in [2.24, 2.45) is 0 Å². The lowest BCUT2D eigenvalue weighted by Crippen LogP contribution is -2.10. The molecule has 0 saturated carbocycles.